The van der Waals surface area contributed by atoms with E-state index in [0.717, 1.165) is 11.1 Å². The molecule has 0 saturated carbocycles. The number of carbonyl (C=O) groups excluding carboxylic acids is 1. The van der Waals surface area contributed by atoms with Crippen LogP contribution >= 0.6 is 0 Å². The van der Waals surface area contributed by atoms with Gasteiger partial charge in [-0.05, 0) is 28.9 Å². The molecule has 1 aliphatic heterocycles. The Morgan fingerprint density at radius 2 is 1.48 bits per heavy atom. The van der Waals surface area contributed by atoms with Gasteiger partial charge in [-0.25, -0.2) is 4.79 Å². The van der Waals surface area contributed by atoms with Crippen LogP contribution in [0.25, 0.3) is 0 Å². The van der Waals surface area contributed by atoms with Crippen molar-refractivity contribution in [2.24, 2.45) is 11.8 Å². The molecule has 13 nitrogen and oxygen atoms in total. The van der Waals surface area contributed by atoms with Crippen molar-refractivity contribution in [2.45, 2.75) is 102 Å². The normalized spacial score (nSPS) is 26.5. The summed E-state index contributed by atoms with van der Waals surface area (Å²) in [7, 11) is 0. The molecule has 0 aliphatic carbocycles. The van der Waals surface area contributed by atoms with Crippen molar-refractivity contribution < 1.29 is 64.6 Å². The van der Waals surface area contributed by atoms with Gasteiger partial charge in [0.05, 0.1) is 32.0 Å². The van der Waals surface area contributed by atoms with Gasteiger partial charge in [-0.3, -0.25) is 0 Å². The Balaban J connectivity index is 1.93. The predicted molar refractivity (Wildman–Crippen MR) is 149 cm³/mol. The molecule has 1 aromatic carbocycles. The number of carbonyl (C=O) groups is 1. The molecule has 0 aromatic heterocycles. The lowest BCUT2D eigenvalue weighted by Crippen LogP contribution is -2.63. The van der Waals surface area contributed by atoms with Gasteiger partial charge >= 0.3 is 6.16 Å². The fourth-order valence-corrected chi connectivity index (χ4v) is 5.05. The molecule has 1 aliphatic rings. The highest BCUT2D eigenvalue weighted by Crippen LogP contribution is 2.35. The number of aliphatic hydroxyl groups is 8. The maximum absolute atomic E-state index is 12.4. The summed E-state index contributed by atoms with van der Waals surface area (Å²) >= 11 is 0. The van der Waals surface area contributed by atoms with Crippen LogP contribution in [0.4, 0.5) is 4.79 Å². The van der Waals surface area contributed by atoms with E-state index in [1.54, 1.807) is 0 Å². The Morgan fingerprint density at radius 1 is 0.881 bits per heavy atom. The van der Waals surface area contributed by atoms with Crippen molar-refractivity contribution >= 4 is 6.16 Å². The van der Waals surface area contributed by atoms with Crippen molar-refractivity contribution in [3.8, 4) is 5.75 Å². The molecule has 2 rings (SSSR count). The van der Waals surface area contributed by atoms with Crippen molar-refractivity contribution in [2.75, 3.05) is 26.4 Å². The van der Waals surface area contributed by atoms with E-state index in [0.29, 0.717) is 5.75 Å². The summed E-state index contributed by atoms with van der Waals surface area (Å²) in [6.45, 7) is 7.90. The van der Waals surface area contributed by atoms with Gasteiger partial charge in [0, 0.05) is 18.9 Å². The zero-order chi connectivity index (χ0) is 31.7. The van der Waals surface area contributed by atoms with E-state index in [4.69, 9.17) is 18.9 Å². The van der Waals surface area contributed by atoms with E-state index in [2.05, 4.69) is 0 Å². The van der Waals surface area contributed by atoms with Crippen molar-refractivity contribution in [1.29, 1.82) is 0 Å². The average molecular weight is 605 g/mol. The predicted octanol–water partition coefficient (Wildman–Crippen LogP) is -0.0173. The second-order valence-electron chi connectivity index (χ2n) is 11.4. The average Bonchev–Trinajstić information content (AvgIpc) is 2.95. The van der Waals surface area contributed by atoms with Crippen LogP contribution in [0.2, 0.25) is 0 Å². The summed E-state index contributed by atoms with van der Waals surface area (Å²) < 4.78 is 21.4. The minimum atomic E-state index is -1.94. The van der Waals surface area contributed by atoms with E-state index in [9.17, 15) is 45.6 Å². The van der Waals surface area contributed by atoms with Crippen molar-refractivity contribution in [1.82, 2.24) is 0 Å². The number of benzene rings is 1. The van der Waals surface area contributed by atoms with Gasteiger partial charge in [0.2, 0.25) is 0 Å². The highest BCUT2D eigenvalue weighted by molar-refractivity contribution is 5.66. The topological polar surface area (TPSA) is 216 Å². The van der Waals surface area contributed by atoms with Crippen LogP contribution in [0.5, 0.6) is 5.75 Å². The number of rotatable bonds is 15. The molecule has 42 heavy (non-hydrogen) atoms. The zero-order valence-corrected chi connectivity index (χ0v) is 24.8. The Bertz CT molecular complexity index is 929. The monoisotopic (exact) mass is 604 g/mol. The summed E-state index contributed by atoms with van der Waals surface area (Å²) in [6.07, 6.45) is -14.3. The van der Waals surface area contributed by atoms with Crippen LogP contribution in [0.1, 0.15) is 64.0 Å². The van der Waals surface area contributed by atoms with Gasteiger partial charge in [-0.1, -0.05) is 52.8 Å². The third kappa shape index (κ3) is 9.05. The first kappa shape index (κ1) is 36.3. The number of para-hydroxylation sites is 1. The highest BCUT2D eigenvalue weighted by Gasteiger charge is 2.50. The lowest BCUT2D eigenvalue weighted by Gasteiger charge is -2.46. The Hall–Kier alpha value is -1.91. The maximum atomic E-state index is 12.4. The molecule has 1 saturated heterocycles. The molecule has 8 N–H and O–H groups in total. The largest absolute Gasteiger partial charge is 0.513 e. The number of hydrogen-bond acceptors (Lipinski definition) is 13. The lowest BCUT2D eigenvalue weighted by molar-refractivity contribution is -0.266. The molecule has 1 fully saturated rings. The molecule has 0 spiro atoms. The first-order chi connectivity index (χ1) is 19.8. The van der Waals surface area contributed by atoms with Crippen LogP contribution in [0, 0.1) is 11.8 Å². The second-order valence-corrected chi connectivity index (χ2v) is 11.4. The first-order valence-electron chi connectivity index (χ1n) is 14.3. The fraction of sp³-hybridized carbons (Fsp3) is 0.759. The minimum Gasteiger partial charge on any atom is -0.434 e. The van der Waals surface area contributed by atoms with E-state index in [1.165, 1.54) is 6.92 Å². The smallest absolute Gasteiger partial charge is 0.434 e. The zero-order valence-electron chi connectivity index (χ0n) is 24.8. The Labute approximate surface area is 246 Å². The third-order valence-electron chi connectivity index (χ3n) is 7.59. The lowest BCUT2D eigenvalue weighted by atomic mass is 9.77. The summed E-state index contributed by atoms with van der Waals surface area (Å²) in [6, 6.07) is 5.68. The maximum Gasteiger partial charge on any atom is 0.513 e. The second kappa shape index (κ2) is 16.8. The molecule has 1 aromatic rings. The van der Waals surface area contributed by atoms with Crippen LogP contribution in [-0.4, -0.2) is 122 Å². The molecule has 0 bridgehead atoms. The molecule has 13 heteroatoms. The van der Waals surface area contributed by atoms with Crippen LogP contribution in [0.3, 0.4) is 0 Å². The summed E-state index contributed by atoms with van der Waals surface area (Å²) in [4.78, 5) is 12.4. The van der Waals surface area contributed by atoms with Gasteiger partial charge < -0.3 is 59.8 Å². The molecular formula is C29H48O13. The van der Waals surface area contributed by atoms with Gasteiger partial charge in [0.15, 0.2) is 6.29 Å². The number of ether oxygens (including phenoxy) is 4. The fourth-order valence-electron chi connectivity index (χ4n) is 5.05. The van der Waals surface area contributed by atoms with Gasteiger partial charge in [0.1, 0.15) is 36.3 Å². The Morgan fingerprint density at radius 3 is 2.00 bits per heavy atom. The SMILES string of the molecule is CC(C)c1cccc(C(C)C)c1OC(=O)OCCCOC(O)C(O)C(O)C(C(C)CO)C1OC(CO)C(O)C(O)C1O. The standard InChI is InChI=1S/C29H48O13/c1-14(2)17-8-6-9-18(15(3)4)26(17)42-29(38)40-11-7-10-39-28(37)25(36)22(33)20(16(5)12-30)27-24(35)23(34)21(32)19(13-31)41-27/h6,8-9,14-16,19-25,27-28,30-37H,7,10-13H2,1-5H3. The molecule has 1 heterocycles. The van der Waals surface area contributed by atoms with E-state index >= 15 is 0 Å². The first-order valence-corrected chi connectivity index (χ1v) is 14.3. The number of hydrogen-bond donors (Lipinski definition) is 8. The molecular weight excluding hydrogens is 556 g/mol. The minimum absolute atomic E-state index is 0.112. The molecule has 0 radical (unpaired) electrons. The van der Waals surface area contributed by atoms with Crippen LogP contribution < -0.4 is 4.74 Å². The summed E-state index contributed by atoms with van der Waals surface area (Å²) in [5.41, 5.74) is 1.74. The summed E-state index contributed by atoms with van der Waals surface area (Å²) in [5, 5.41) is 81.7. The Kier molecular flexibility index (Phi) is 14.5. The van der Waals surface area contributed by atoms with Gasteiger partial charge in [0.25, 0.3) is 0 Å². The van der Waals surface area contributed by atoms with Crippen LogP contribution in [-0.2, 0) is 14.2 Å². The van der Waals surface area contributed by atoms with E-state index in [1.807, 2.05) is 45.9 Å². The van der Waals surface area contributed by atoms with Crippen molar-refractivity contribution in [3.63, 3.8) is 0 Å². The molecule has 10 atom stereocenters. The van der Waals surface area contributed by atoms with Crippen LogP contribution in [0.15, 0.2) is 18.2 Å². The van der Waals surface area contributed by atoms with E-state index in [-0.39, 0.29) is 31.5 Å². The third-order valence-corrected chi connectivity index (χ3v) is 7.59. The highest BCUT2D eigenvalue weighted by atomic mass is 16.7. The molecule has 0 amide bonds. The van der Waals surface area contributed by atoms with Gasteiger partial charge in [-0.15, -0.1) is 0 Å². The summed E-state index contributed by atoms with van der Waals surface area (Å²) in [5.74, 6) is -1.38. The number of aliphatic hydroxyl groups excluding tert-OH is 8. The molecule has 242 valence electrons. The quantitative estimate of drug-likeness (QED) is 0.0572. The van der Waals surface area contributed by atoms with Crippen molar-refractivity contribution in [3.05, 3.63) is 29.3 Å². The van der Waals surface area contributed by atoms with E-state index < -0.39 is 80.2 Å². The van der Waals surface area contributed by atoms with Gasteiger partial charge in [-0.2, -0.15) is 0 Å². The molecule has 10 unspecified atom stereocenters.